The molecule has 4 nitrogen and oxygen atoms in total. The van der Waals surface area contributed by atoms with E-state index in [2.05, 4.69) is 84.9 Å². The topological polar surface area (TPSA) is 43.6 Å². The Morgan fingerprint density at radius 1 is 0.400 bits per heavy atom. The van der Waals surface area contributed by atoms with Crippen LogP contribution in [0.2, 0.25) is 0 Å². The number of hydrogen-bond donors (Lipinski definition) is 0. The molecule has 7 aromatic carbocycles. The Morgan fingerprint density at radius 2 is 0.780 bits per heavy atom. The van der Waals surface area contributed by atoms with Crippen LogP contribution in [0.25, 0.3) is 50.5 Å². The summed E-state index contributed by atoms with van der Waals surface area (Å²) in [5.41, 5.74) is 1.16. The first-order valence-corrected chi connectivity index (χ1v) is 18.2. The summed E-state index contributed by atoms with van der Waals surface area (Å²) in [5, 5.41) is 4.68. The zero-order chi connectivity index (χ0) is 40.3. The minimum atomic E-state index is -2.85. The molecule has 0 saturated heterocycles. The Kier molecular flexibility index (Phi) is 5.58. The number of benzene rings is 7. The molecule has 0 atom stereocenters. The molecule has 0 bridgehead atoms. The van der Waals surface area contributed by atoms with Crippen molar-refractivity contribution in [2.24, 2.45) is 0 Å². The Labute approximate surface area is 303 Å². The second-order valence-electron chi connectivity index (χ2n) is 11.9. The summed E-state index contributed by atoms with van der Waals surface area (Å²) in [6.07, 6.45) is 0. The number of para-hydroxylation sites is 2. The van der Waals surface area contributed by atoms with E-state index in [1.54, 1.807) is 0 Å². The van der Waals surface area contributed by atoms with Crippen molar-refractivity contribution in [2.45, 2.75) is 0 Å². The summed E-state index contributed by atoms with van der Waals surface area (Å²) in [6.45, 7) is 0. The van der Waals surface area contributed by atoms with Crippen LogP contribution in [0.15, 0.2) is 194 Å². The van der Waals surface area contributed by atoms with E-state index < -0.39 is 56.4 Å². The van der Waals surface area contributed by atoms with E-state index in [-0.39, 0.29) is 39.4 Å². The third-order valence-electron chi connectivity index (χ3n) is 9.08. The molecule has 0 aliphatic rings. The lowest BCUT2D eigenvalue weighted by atomic mass is 10.2. The normalized spacial score (nSPS) is 13.8. The molecule has 0 aliphatic heterocycles. The quantitative estimate of drug-likeness (QED) is 0.130. The van der Waals surface area contributed by atoms with Crippen molar-refractivity contribution in [3.8, 4) is 28.7 Å². The molecule has 0 fully saturated rings. The Morgan fingerprint density at radius 3 is 1.24 bits per heavy atom. The van der Waals surface area contributed by atoms with Gasteiger partial charge in [0.2, 0.25) is 5.95 Å². The molecular weight excluding hydrogens is 625 g/mol. The molecule has 2 heterocycles. The van der Waals surface area contributed by atoms with Crippen molar-refractivity contribution in [3.63, 3.8) is 0 Å². The van der Waals surface area contributed by atoms with Crippen LogP contribution < -0.4 is 20.7 Å². The predicted octanol–water partition coefficient (Wildman–Crippen LogP) is 7.68. The Hall–Kier alpha value is -6.43. The van der Waals surface area contributed by atoms with E-state index in [4.69, 9.17) is 25.9 Å². The van der Waals surface area contributed by atoms with Crippen molar-refractivity contribution in [3.05, 3.63) is 194 Å². The highest BCUT2D eigenvalue weighted by atomic mass is 28.3. The van der Waals surface area contributed by atoms with Gasteiger partial charge in [-0.15, -0.1) is 0 Å². The minimum absolute atomic E-state index is 0.0513. The average Bonchev–Trinajstić information content (AvgIpc) is 3.65. The molecule has 0 aliphatic carbocycles. The highest BCUT2D eigenvalue weighted by molar-refractivity contribution is 7.19. The molecular formula is C45H32N4Si. The minimum Gasteiger partial charge on any atom is -0.278 e. The summed E-state index contributed by atoms with van der Waals surface area (Å²) in [4.78, 5) is 14.7. The molecule has 0 saturated carbocycles. The third-order valence-corrected chi connectivity index (χ3v) is 13.9. The second-order valence-corrected chi connectivity index (χ2v) is 15.7. The third kappa shape index (κ3) is 4.95. The standard InChI is InChI=1S/C45H32N4Si/c1-5-17-33(18-6-1)43-46-44(48-45(47-43)49-41-27-15-13-25-39(41)40-26-14-16-28-42(40)49)34-29-31-38(32-30-34)50(35-19-7-2-8-20-35,36-21-9-3-10-22-36)37-23-11-4-12-24-37/h1-32H/i13D,14D,15D,16D,25D,26D,27D,28D. The maximum Gasteiger partial charge on any atom is 0.238 e. The summed E-state index contributed by atoms with van der Waals surface area (Å²) in [7, 11) is -2.85. The monoisotopic (exact) mass is 664 g/mol. The molecule has 0 amide bonds. The smallest absolute Gasteiger partial charge is 0.238 e. The van der Waals surface area contributed by atoms with E-state index in [0.29, 0.717) is 11.1 Å². The maximum atomic E-state index is 9.03. The molecule has 236 valence electrons. The van der Waals surface area contributed by atoms with Gasteiger partial charge < -0.3 is 0 Å². The van der Waals surface area contributed by atoms with Crippen LogP contribution >= 0.6 is 0 Å². The summed E-state index contributed by atoms with van der Waals surface area (Å²) >= 11 is 0. The van der Waals surface area contributed by atoms with Crippen molar-refractivity contribution >= 4 is 50.6 Å². The molecule has 5 heteroatoms. The van der Waals surface area contributed by atoms with Gasteiger partial charge in [-0.05, 0) is 32.8 Å². The van der Waals surface area contributed by atoms with E-state index >= 15 is 0 Å². The zero-order valence-corrected chi connectivity index (χ0v) is 27.6. The van der Waals surface area contributed by atoms with Gasteiger partial charge in [0.25, 0.3) is 0 Å². The molecule has 0 unspecified atom stereocenters. The molecule has 2 aromatic heterocycles. The predicted molar refractivity (Wildman–Crippen MR) is 209 cm³/mol. The average molecular weight is 665 g/mol. The van der Waals surface area contributed by atoms with Gasteiger partial charge in [0.1, 0.15) is 0 Å². The molecule has 0 spiro atoms. The highest BCUT2D eigenvalue weighted by Gasteiger charge is 2.41. The number of hydrogen-bond acceptors (Lipinski definition) is 3. The summed E-state index contributed by atoms with van der Waals surface area (Å²) < 4.78 is 71.2. The van der Waals surface area contributed by atoms with Gasteiger partial charge >= 0.3 is 0 Å². The number of fused-ring (bicyclic) bond motifs is 3. The van der Waals surface area contributed by atoms with Crippen LogP contribution in [0, 0.1) is 0 Å². The molecule has 50 heavy (non-hydrogen) atoms. The van der Waals surface area contributed by atoms with Crippen molar-refractivity contribution in [1.29, 1.82) is 0 Å². The van der Waals surface area contributed by atoms with Crippen molar-refractivity contribution in [2.75, 3.05) is 0 Å². The molecule has 9 rings (SSSR count). The van der Waals surface area contributed by atoms with E-state index in [1.165, 1.54) is 20.1 Å². The Bertz CT molecular complexity index is 2850. The lowest BCUT2D eigenvalue weighted by molar-refractivity contribution is 0.953. The van der Waals surface area contributed by atoms with Crippen molar-refractivity contribution < 1.29 is 11.0 Å². The van der Waals surface area contributed by atoms with E-state index in [0.717, 1.165) is 5.19 Å². The largest absolute Gasteiger partial charge is 0.278 e. The van der Waals surface area contributed by atoms with Crippen LogP contribution in [0.4, 0.5) is 0 Å². The first-order chi connectivity index (χ1) is 28.1. The van der Waals surface area contributed by atoms with Gasteiger partial charge in [0.05, 0.1) is 22.0 Å². The van der Waals surface area contributed by atoms with Gasteiger partial charge in [-0.1, -0.05) is 182 Å². The second kappa shape index (κ2) is 12.5. The molecule has 9 aromatic rings. The van der Waals surface area contributed by atoms with E-state index in [1.807, 2.05) is 60.7 Å². The number of rotatable bonds is 7. The fourth-order valence-corrected chi connectivity index (χ4v) is 11.6. The van der Waals surface area contributed by atoms with Crippen LogP contribution in [-0.4, -0.2) is 27.6 Å². The number of nitrogens with zero attached hydrogens (tertiary/aromatic N) is 4. The molecule has 0 N–H and O–H groups in total. The maximum absolute atomic E-state index is 9.03. The summed E-state index contributed by atoms with van der Waals surface area (Å²) in [5.74, 6) is 0.464. The molecule has 0 radical (unpaired) electrons. The first-order valence-electron chi connectivity index (χ1n) is 20.2. The SMILES string of the molecule is [2H]c1c([2H])c([2H])c2c(c1[2H])c1c([2H])c([2H])c([2H])c([2H])c1n2-c1nc(-c2ccccc2)nc(-c2ccc([Si](c3ccccc3)(c3ccccc3)c3ccccc3)cc2)n1. The fraction of sp³-hybridized carbons (Fsp3) is 0. The first kappa shape index (κ1) is 22.2. The van der Waals surface area contributed by atoms with Gasteiger partial charge in [-0.25, -0.2) is 4.98 Å². The van der Waals surface area contributed by atoms with Gasteiger partial charge in [0, 0.05) is 21.9 Å². The fourth-order valence-electron chi connectivity index (χ4n) is 6.86. The van der Waals surface area contributed by atoms with Gasteiger partial charge in [0.15, 0.2) is 19.7 Å². The van der Waals surface area contributed by atoms with Crippen LogP contribution in [0.3, 0.4) is 0 Å². The van der Waals surface area contributed by atoms with Crippen LogP contribution in [0.1, 0.15) is 11.0 Å². The van der Waals surface area contributed by atoms with Crippen LogP contribution in [-0.2, 0) is 0 Å². The zero-order valence-electron chi connectivity index (χ0n) is 34.6. The van der Waals surface area contributed by atoms with Gasteiger partial charge in [-0.3, -0.25) is 4.57 Å². The Balaban J connectivity index is 1.33. The lowest BCUT2D eigenvalue weighted by Crippen LogP contribution is -2.74. The lowest BCUT2D eigenvalue weighted by Gasteiger charge is -2.34. The van der Waals surface area contributed by atoms with Gasteiger partial charge in [-0.2, -0.15) is 9.97 Å². The highest BCUT2D eigenvalue weighted by Crippen LogP contribution is 2.32. The number of aromatic nitrogens is 4. The summed E-state index contributed by atoms with van der Waals surface area (Å²) in [6, 6.07) is 45.3. The van der Waals surface area contributed by atoms with Crippen molar-refractivity contribution in [1.82, 2.24) is 19.5 Å². The van der Waals surface area contributed by atoms with Crippen LogP contribution in [0.5, 0.6) is 0 Å². The van der Waals surface area contributed by atoms with E-state index in [9.17, 15) is 0 Å².